The Balaban J connectivity index is 1.84. The summed E-state index contributed by atoms with van der Waals surface area (Å²) in [7, 11) is 0. The van der Waals surface area contributed by atoms with Crippen LogP contribution in [0, 0.1) is 11.7 Å². The smallest absolute Gasteiger partial charge is 0.123 e. The van der Waals surface area contributed by atoms with Crippen LogP contribution in [0.2, 0.25) is 0 Å². The SMILES string of the molecule is CC1(C)OCC(Cc2ccc(F)cc2)C1(O)Cn1ccnc1. The van der Waals surface area contributed by atoms with Crippen LogP contribution in [0.5, 0.6) is 0 Å². The summed E-state index contributed by atoms with van der Waals surface area (Å²) in [4.78, 5) is 4.03. The van der Waals surface area contributed by atoms with Crippen LogP contribution in [-0.2, 0) is 17.7 Å². The highest BCUT2D eigenvalue weighted by Gasteiger charge is 2.55. The van der Waals surface area contributed by atoms with Crippen molar-refractivity contribution in [3.05, 3.63) is 54.4 Å². The maximum Gasteiger partial charge on any atom is 0.123 e. The summed E-state index contributed by atoms with van der Waals surface area (Å²) in [6.07, 6.45) is 5.87. The lowest BCUT2D eigenvalue weighted by molar-refractivity contribution is -0.117. The molecule has 5 heteroatoms. The van der Waals surface area contributed by atoms with Crippen molar-refractivity contribution in [1.29, 1.82) is 0 Å². The van der Waals surface area contributed by atoms with Gasteiger partial charge in [0.05, 0.1) is 25.1 Å². The molecule has 0 saturated carbocycles. The zero-order valence-electron chi connectivity index (χ0n) is 12.9. The molecule has 2 unspecified atom stereocenters. The lowest BCUT2D eigenvalue weighted by Gasteiger charge is -2.39. The molecule has 0 aliphatic carbocycles. The maximum absolute atomic E-state index is 13.0. The van der Waals surface area contributed by atoms with E-state index in [2.05, 4.69) is 4.98 Å². The van der Waals surface area contributed by atoms with Crippen LogP contribution in [0.3, 0.4) is 0 Å². The fraction of sp³-hybridized carbons (Fsp3) is 0.471. The third-order valence-corrected chi connectivity index (χ3v) is 4.74. The second-order valence-corrected chi connectivity index (χ2v) is 6.51. The van der Waals surface area contributed by atoms with Crippen molar-refractivity contribution in [2.45, 2.75) is 38.0 Å². The van der Waals surface area contributed by atoms with Crippen molar-refractivity contribution in [1.82, 2.24) is 9.55 Å². The molecule has 2 aromatic rings. The number of imidazole rings is 1. The zero-order valence-corrected chi connectivity index (χ0v) is 12.9. The Labute approximate surface area is 129 Å². The first-order valence-corrected chi connectivity index (χ1v) is 7.47. The molecule has 1 aliphatic rings. The Morgan fingerprint density at radius 1 is 1.36 bits per heavy atom. The van der Waals surface area contributed by atoms with Gasteiger partial charge in [-0.1, -0.05) is 12.1 Å². The Morgan fingerprint density at radius 2 is 2.09 bits per heavy atom. The predicted molar refractivity (Wildman–Crippen MR) is 80.8 cm³/mol. The fourth-order valence-electron chi connectivity index (χ4n) is 3.17. The number of aromatic nitrogens is 2. The molecule has 0 spiro atoms. The van der Waals surface area contributed by atoms with Gasteiger partial charge in [0.2, 0.25) is 0 Å². The summed E-state index contributed by atoms with van der Waals surface area (Å²) < 4.78 is 20.8. The minimum absolute atomic E-state index is 0.0599. The van der Waals surface area contributed by atoms with Gasteiger partial charge in [-0.15, -0.1) is 0 Å². The van der Waals surface area contributed by atoms with E-state index in [4.69, 9.17) is 4.74 Å². The Bertz CT molecular complexity index is 625. The van der Waals surface area contributed by atoms with E-state index in [0.29, 0.717) is 19.6 Å². The minimum Gasteiger partial charge on any atom is -0.385 e. The number of halogens is 1. The number of ether oxygens (including phenoxy) is 1. The molecular weight excluding hydrogens is 283 g/mol. The molecular formula is C17H21FN2O2. The molecule has 0 bridgehead atoms. The molecule has 1 fully saturated rings. The Morgan fingerprint density at radius 3 is 2.73 bits per heavy atom. The van der Waals surface area contributed by atoms with Gasteiger partial charge in [-0.25, -0.2) is 9.37 Å². The topological polar surface area (TPSA) is 47.3 Å². The molecule has 4 nitrogen and oxygen atoms in total. The molecule has 22 heavy (non-hydrogen) atoms. The quantitative estimate of drug-likeness (QED) is 0.943. The number of rotatable bonds is 4. The molecule has 1 aromatic carbocycles. The van der Waals surface area contributed by atoms with E-state index in [-0.39, 0.29) is 11.7 Å². The van der Waals surface area contributed by atoms with E-state index in [0.717, 1.165) is 5.56 Å². The van der Waals surface area contributed by atoms with Crippen molar-refractivity contribution in [3.8, 4) is 0 Å². The summed E-state index contributed by atoms with van der Waals surface area (Å²) in [6, 6.07) is 6.42. The van der Waals surface area contributed by atoms with Crippen LogP contribution in [-0.4, -0.2) is 32.5 Å². The first-order valence-electron chi connectivity index (χ1n) is 7.47. The van der Waals surface area contributed by atoms with Gasteiger partial charge < -0.3 is 14.4 Å². The van der Waals surface area contributed by atoms with Crippen LogP contribution in [0.25, 0.3) is 0 Å². The van der Waals surface area contributed by atoms with Gasteiger partial charge in [0.25, 0.3) is 0 Å². The third-order valence-electron chi connectivity index (χ3n) is 4.74. The van der Waals surface area contributed by atoms with E-state index in [1.54, 1.807) is 24.7 Å². The number of nitrogens with zero attached hydrogens (tertiary/aromatic N) is 2. The standard InChI is InChI=1S/C17H21FN2O2/c1-16(2)17(21,11-20-8-7-19-12-20)14(10-22-16)9-13-3-5-15(18)6-4-13/h3-8,12,14,21H,9-11H2,1-2H3. The third kappa shape index (κ3) is 2.66. The lowest BCUT2D eigenvalue weighted by Crippen LogP contribution is -2.53. The first kappa shape index (κ1) is 15.2. The van der Waals surface area contributed by atoms with Gasteiger partial charge in [-0.3, -0.25) is 0 Å². The van der Waals surface area contributed by atoms with Gasteiger partial charge in [0.1, 0.15) is 11.4 Å². The molecule has 2 heterocycles. The zero-order chi connectivity index (χ0) is 15.8. The maximum atomic E-state index is 13.0. The van der Waals surface area contributed by atoms with E-state index in [9.17, 15) is 9.50 Å². The van der Waals surface area contributed by atoms with Crippen molar-refractivity contribution in [2.75, 3.05) is 6.61 Å². The van der Waals surface area contributed by atoms with Gasteiger partial charge in [0.15, 0.2) is 0 Å². The predicted octanol–water partition coefficient (Wildman–Crippen LogP) is 2.42. The van der Waals surface area contributed by atoms with E-state index in [1.807, 2.05) is 24.6 Å². The van der Waals surface area contributed by atoms with Crippen LogP contribution in [0.4, 0.5) is 4.39 Å². The summed E-state index contributed by atoms with van der Waals surface area (Å²) in [6.45, 7) is 4.73. The fourth-order valence-corrected chi connectivity index (χ4v) is 3.17. The molecule has 0 radical (unpaired) electrons. The molecule has 1 aromatic heterocycles. The molecule has 2 atom stereocenters. The number of hydrogen-bond donors (Lipinski definition) is 1. The summed E-state index contributed by atoms with van der Waals surface area (Å²) in [5, 5.41) is 11.3. The second-order valence-electron chi connectivity index (χ2n) is 6.51. The summed E-state index contributed by atoms with van der Waals surface area (Å²) in [5.74, 6) is -0.309. The summed E-state index contributed by atoms with van der Waals surface area (Å²) >= 11 is 0. The Hall–Kier alpha value is -1.72. The van der Waals surface area contributed by atoms with Crippen LogP contribution in [0.1, 0.15) is 19.4 Å². The van der Waals surface area contributed by atoms with Crippen LogP contribution < -0.4 is 0 Å². The highest BCUT2D eigenvalue weighted by atomic mass is 19.1. The van der Waals surface area contributed by atoms with Crippen molar-refractivity contribution >= 4 is 0 Å². The highest BCUT2D eigenvalue weighted by molar-refractivity contribution is 5.19. The molecule has 3 rings (SSSR count). The lowest BCUT2D eigenvalue weighted by atomic mass is 9.75. The van der Waals surface area contributed by atoms with E-state index in [1.165, 1.54) is 12.1 Å². The number of hydrogen-bond acceptors (Lipinski definition) is 3. The Kier molecular flexibility index (Phi) is 3.78. The van der Waals surface area contributed by atoms with E-state index < -0.39 is 11.2 Å². The van der Waals surface area contributed by atoms with Crippen LogP contribution >= 0.6 is 0 Å². The molecule has 1 N–H and O–H groups in total. The van der Waals surface area contributed by atoms with E-state index >= 15 is 0 Å². The summed E-state index contributed by atoms with van der Waals surface area (Å²) in [5.41, 5.74) is -0.666. The highest BCUT2D eigenvalue weighted by Crippen LogP contribution is 2.42. The van der Waals surface area contributed by atoms with Crippen molar-refractivity contribution in [2.24, 2.45) is 5.92 Å². The second kappa shape index (κ2) is 5.48. The number of aliphatic hydroxyl groups is 1. The normalized spacial score (nSPS) is 27.2. The first-order chi connectivity index (χ1) is 10.4. The largest absolute Gasteiger partial charge is 0.385 e. The van der Waals surface area contributed by atoms with Crippen molar-refractivity contribution < 1.29 is 14.2 Å². The van der Waals surface area contributed by atoms with Gasteiger partial charge >= 0.3 is 0 Å². The molecule has 0 amide bonds. The monoisotopic (exact) mass is 304 g/mol. The number of benzene rings is 1. The average Bonchev–Trinajstić information content (AvgIpc) is 3.04. The molecule has 1 aliphatic heterocycles. The molecule has 1 saturated heterocycles. The van der Waals surface area contributed by atoms with Crippen LogP contribution in [0.15, 0.2) is 43.0 Å². The van der Waals surface area contributed by atoms with Crippen molar-refractivity contribution in [3.63, 3.8) is 0 Å². The van der Waals surface area contributed by atoms with Gasteiger partial charge in [-0.2, -0.15) is 0 Å². The van der Waals surface area contributed by atoms with Gasteiger partial charge in [0, 0.05) is 18.3 Å². The van der Waals surface area contributed by atoms with Gasteiger partial charge in [-0.05, 0) is 38.0 Å². The minimum atomic E-state index is -1.01. The average molecular weight is 304 g/mol. The molecule has 118 valence electrons.